The summed E-state index contributed by atoms with van der Waals surface area (Å²) in [6, 6.07) is 6.51. The van der Waals surface area contributed by atoms with Crippen LogP contribution in [-0.4, -0.2) is 33.3 Å². The molecule has 2 rings (SSSR count). The van der Waals surface area contributed by atoms with Crippen molar-refractivity contribution in [1.29, 1.82) is 0 Å². The molecule has 0 bridgehead atoms. The number of rotatable bonds is 3. The number of benzene rings is 1. The maximum absolute atomic E-state index is 12.1. The van der Waals surface area contributed by atoms with Crippen LogP contribution in [0.1, 0.15) is 41.0 Å². The van der Waals surface area contributed by atoms with Crippen LogP contribution >= 0.6 is 0 Å². The lowest BCUT2D eigenvalue weighted by atomic mass is 9.98. The normalized spacial score (nSPS) is 14.9. The molecule has 0 spiro atoms. The second-order valence-electron chi connectivity index (χ2n) is 4.87. The monoisotopic (exact) mass is 247 g/mol. The van der Waals surface area contributed by atoms with Crippen LogP contribution in [0.4, 0.5) is 0 Å². The van der Waals surface area contributed by atoms with Crippen molar-refractivity contribution in [2.24, 2.45) is 0 Å². The standard InChI is InChI=1S/C13H13NO4/c1-13(2,7-10(15)16)14-11(17)8-5-3-4-6-9(8)12(14)18/h3-6H,7H2,1-2H3,(H,15,16). The predicted octanol–water partition coefficient (Wildman–Crippen LogP) is 1.54. The van der Waals surface area contributed by atoms with Crippen LogP contribution in [0.25, 0.3) is 0 Å². The molecule has 5 heteroatoms. The van der Waals surface area contributed by atoms with Crippen molar-refractivity contribution in [3.8, 4) is 0 Å². The minimum Gasteiger partial charge on any atom is -0.481 e. The van der Waals surface area contributed by atoms with Crippen molar-refractivity contribution in [3.05, 3.63) is 35.4 Å². The van der Waals surface area contributed by atoms with E-state index in [9.17, 15) is 14.4 Å². The van der Waals surface area contributed by atoms with Crippen molar-refractivity contribution in [2.75, 3.05) is 0 Å². The third kappa shape index (κ3) is 1.77. The number of carbonyl (C=O) groups excluding carboxylic acids is 2. The van der Waals surface area contributed by atoms with Gasteiger partial charge in [0.05, 0.1) is 23.1 Å². The maximum atomic E-state index is 12.1. The largest absolute Gasteiger partial charge is 0.481 e. The molecule has 0 saturated carbocycles. The molecule has 0 aliphatic carbocycles. The second kappa shape index (κ2) is 3.94. The van der Waals surface area contributed by atoms with Crippen LogP contribution in [0, 0.1) is 0 Å². The van der Waals surface area contributed by atoms with E-state index in [4.69, 9.17) is 5.11 Å². The van der Waals surface area contributed by atoms with E-state index in [0.29, 0.717) is 11.1 Å². The van der Waals surface area contributed by atoms with Gasteiger partial charge in [0.15, 0.2) is 0 Å². The first-order valence-electron chi connectivity index (χ1n) is 5.54. The van der Waals surface area contributed by atoms with Crippen molar-refractivity contribution in [3.63, 3.8) is 0 Å². The summed E-state index contributed by atoms with van der Waals surface area (Å²) >= 11 is 0. The molecular weight excluding hydrogens is 234 g/mol. The zero-order valence-corrected chi connectivity index (χ0v) is 10.1. The molecule has 0 atom stereocenters. The van der Waals surface area contributed by atoms with E-state index in [1.165, 1.54) is 0 Å². The Morgan fingerprint density at radius 3 is 2.00 bits per heavy atom. The molecule has 2 amide bonds. The maximum Gasteiger partial charge on any atom is 0.305 e. The Morgan fingerprint density at radius 1 is 1.17 bits per heavy atom. The molecule has 0 fully saturated rings. The van der Waals surface area contributed by atoms with E-state index >= 15 is 0 Å². The van der Waals surface area contributed by atoms with Gasteiger partial charge in [-0.1, -0.05) is 12.1 Å². The smallest absolute Gasteiger partial charge is 0.305 e. The van der Waals surface area contributed by atoms with Crippen LogP contribution in [0.3, 0.4) is 0 Å². The van der Waals surface area contributed by atoms with E-state index in [1.807, 2.05) is 0 Å². The summed E-state index contributed by atoms with van der Waals surface area (Å²) in [6.07, 6.45) is -0.279. The molecule has 0 unspecified atom stereocenters. The lowest BCUT2D eigenvalue weighted by Gasteiger charge is -2.32. The van der Waals surface area contributed by atoms with Gasteiger partial charge in [-0.3, -0.25) is 19.3 Å². The highest BCUT2D eigenvalue weighted by Gasteiger charge is 2.44. The van der Waals surface area contributed by atoms with Gasteiger partial charge in [0.25, 0.3) is 11.8 Å². The van der Waals surface area contributed by atoms with Gasteiger partial charge >= 0.3 is 5.97 Å². The van der Waals surface area contributed by atoms with Gasteiger partial charge in [-0.15, -0.1) is 0 Å². The Labute approximate surface area is 104 Å². The van der Waals surface area contributed by atoms with Gasteiger partial charge in [-0.05, 0) is 26.0 Å². The molecule has 1 aliphatic rings. The van der Waals surface area contributed by atoms with Crippen molar-refractivity contribution in [2.45, 2.75) is 25.8 Å². The number of carboxylic acids is 1. The molecule has 1 aromatic carbocycles. The number of fused-ring (bicyclic) bond motifs is 1. The van der Waals surface area contributed by atoms with Crippen LogP contribution in [-0.2, 0) is 4.79 Å². The zero-order valence-electron chi connectivity index (χ0n) is 10.1. The first-order chi connectivity index (χ1) is 8.34. The van der Waals surface area contributed by atoms with Gasteiger partial charge in [-0.25, -0.2) is 0 Å². The summed E-state index contributed by atoms with van der Waals surface area (Å²) < 4.78 is 0. The quantitative estimate of drug-likeness (QED) is 0.822. The summed E-state index contributed by atoms with van der Waals surface area (Å²) in [4.78, 5) is 36.1. The summed E-state index contributed by atoms with van der Waals surface area (Å²) in [6.45, 7) is 3.14. The van der Waals surface area contributed by atoms with Crippen LogP contribution in [0.5, 0.6) is 0 Å². The number of nitrogens with zero attached hydrogens (tertiary/aromatic N) is 1. The predicted molar refractivity (Wildman–Crippen MR) is 63.3 cm³/mol. The summed E-state index contributed by atoms with van der Waals surface area (Å²) in [5, 5.41) is 8.85. The van der Waals surface area contributed by atoms with Crippen LogP contribution in [0.15, 0.2) is 24.3 Å². The molecule has 94 valence electrons. The van der Waals surface area contributed by atoms with Gasteiger partial charge < -0.3 is 5.11 Å². The lowest BCUT2D eigenvalue weighted by Crippen LogP contribution is -2.48. The molecule has 1 N–H and O–H groups in total. The van der Waals surface area contributed by atoms with E-state index in [0.717, 1.165) is 4.90 Å². The highest BCUT2D eigenvalue weighted by Crippen LogP contribution is 2.30. The summed E-state index contributed by atoms with van der Waals surface area (Å²) in [5.41, 5.74) is -0.374. The fourth-order valence-corrected chi connectivity index (χ4v) is 2.19. The Kier molecular flexibility index (Phi) is 2.69. The fraction of sp³-hybridized carbons (Fsp3) is 0.308. The summed E-state index contributed by atoms with van der Waals surface area (Å²) in [5.74, 6) is -1.90. The van der Waals surface area contributed by atoms with Crippen LogP contribution in [0.2, 0.25) is 0 Å². The number of hydrogen-bond donors (Lipinski definition) is 1. The molecule has 1 heterocycles. The van der Waals surface area contributed by atoms with Gasteiger partial charge in [0, 0.05) is 0 Å². The van der Waals surface area contributed by atoms with E-state index in [1.54, 1.807) is 38.1 Å². The van der Waals surface area contributed by atoms with E-state index < -0.39 is 23.3 Å². The minimum atomic E-state index is -1.04. The molecule has 0 radical (unpaired) electrons. The van der Waals surface area contributed by atoms with Crippen molar-refractivity contribution in [1.82, 2.24) is 4.90 Å². The topological polar surface area (TPSA) is 74.7 Å². The highest BCUT2D eigenvalue weighted by molar-refractivity contribution is 6.21. The van der Waals surface area contributed by atoms with E-state index in [-0.39, 0.29) is 6.42 Å². The molecule has 0 saturated heterocycles. The number of amides is 2. The fourth-order valence-electron chi connectivity index (χ4n) is 2.19. The van der Waals surface area contributed by atoms with Gasteiger partial charge in [0.2, 0.25) is 0 Å². The Balaban J connectivity index is 2.42. The number of carboxylic acid groups (broad SMARTS) is 1. The SMILES string of the molecule is CC(C)(CC(=O)O)N1C(=O)c2ccccc2C1=O. The van der Waals surface area contributed by atoms with Crippen molar-refractivity contribution < 1.29 is 19.5 Å². The first kappa shape index (κ1) is 12.3. The highest BCUT2D eigenvalue weighted by atomic mass is 16.4. The number of hydrogen-bond acceptors (Lipinski definition) is 3. The minimum absolute atomic E-state index is 0.279. The number of imide groups is 1. The van der Waals surface area contributed by atoms with Gasteiger partial charge in [0.1, 0.15) is 0 Å². The summed E-state index contributed by atoms with van der Waals surface area (Å²) in [7, 11) is 0. The zero-order chi connectivity index (χ0) is 13.5. The Hall–Kier alpha value is -2.17. The molecule has 5 nitrogen and oxygen atoms in total. The van der Waals surface area contributed by atoms with Gasteiger partial charge in [-0.2, -0.15) is 0 Å². The number of carbonyl (C=O) groups is 3. The lowest BCUT2D eigenvalue weighted by molar-refractivity contribution is -0.139. The third-order valence-corrected chi connectivity index (χ3v) is 2.98. The van der Waals surface area contributed by atoms with E-state index in [2.05, 4.69) is 0 Å². The van der Waals surface area contributed by atoms with Crippen molar-refractivity contribution >= 4 is 17.8 Å². The number of aliphatic carboxylic acids is 1. The van der Waals surface area contributed by atoms with Crippen LogP contribution < -0.4 is 0 Å². The Bertz CT molecular complexity index is 513. The average molecular weight is 247 g/mol. The third-order valence-electron chi connectivity index (χ3n) is 2.98. The molecular formula is C13H13NO4. The molecule has 0 aromatic heterocycles. The molecule has 18 heavy (non-hydrogen) atoms. The second-order valence-corrected chi connectivity index (χ2v) is 4.87. The molecule has 1 aromatic rings. The Morgan fingerprint density at radius 2 is 1.61 bits per heavy atom. The molecule has 1 aliphatic heterocycles. The average Bonchev–Trinajstić information content (AvgIpc) is 2.51. The first-order valence-corrected chi connectivity index (χ1v) is 5.54.